The van der Waals surface area contributed by atoms with E-state index in [1.807, 2.05) is 0 Å². The Kier molecular flexibility index (Phi) is 4.61. The smallest absolute Gasteiger partial charge is 0.222 e. The highest BCUT2D eigenvalue weighted by atomic mass is 32.2. The Morgan fingerprint density at radius 2 is 2.19 bits per heavy atom. The number of anilines is 1. The number of nitrogens with two attached hydrogens (primary N) is 1. The number of amides is 1. The molecular formula is C11H15FN2OS. The Morgan fingerprint density at radius 3 is 2.75 bits per heavy atom. The first kappa shape index (κ1) is 12.8. The van der Waals surface area contributed by atoms with Crippen LogP contribution in [0.2, 0.25) is 0 Å². The van der Waals surface area contributed by atoms with Crippen molar-refractivity contribution in [3.63, 3.8) is 0 Å². The second kappa shape index (κ2) is 5.75. The molecule has 0 heterocycles. The summed E-state index contributed by atoms with van der Waals surface area (Å²) >= 11 is 1.32. The highest BCUT2D eigenvalue weighted by Crippen LogP contribution is 2.23. The third-order valence-corrected chi connectivity index (χ3v) is 3.08. The lowest BCUT2D eigenvalue weighted by atomic mass is 10.3. The van der Waals surface area contributed by atoms with Crippen molar-refractivity contribution < 1.29 is 9.18 Å². The molecule has 88 valence electrons. The maximum absolute atomic E-state index is 13.3. The Morgan fingerprint density at radius 1 is 1.50 bits per heavy atom. The normalized spacial score (nSPS) is 10.2. The minimum atomic E-state index is -0.331. The van der Waals surface area contributed by atoms with Crippen molar-refractivity contribution in [3.05, 3.63) is 24.0 Å². The summed E-state index contributed by atoms with van der Waals surface area (Å²) in [6.07, 6.45) is 0.404. The van der Waals surface area contributed by atoms with Crippen LogP contribution in [0.3, 0.4) is 0 Å². The van der Waals surface area contributed by atoms with E-state index in [-0.39, 0.29) is 11.7 Å². The fraction of sp³-hybridized carbons (Fsp3) is 0.364. The Labute approximate surface area is 98.8 Å². The number of hydrogen-bond donors (Lipinski definition) is 1. The van der Waals surface area contributed by atoms with Gasteiger partial charge in [0.05, 0.1) is 0 Å². The molecule has 0 aliphatic carbocycles. The first-order valence-corrected chi connectivity index (χ1v) is 5.87. The van der Waals surface area contributed by atoms with Crippen molar-refractivity contribution in [2.24, 2.45) is 0 Å². The van der Waals surface area contributed by atoms with E-state index in [2.05, 4.69) is 0 Å². The molecule has 0 atom stereocenters. The van der Waals surface area contributed by atoms with Crippen LogP contribution >= 0.6 is 11.8 Å². The Balaban J connectivity index is 2.46. The summed E-state index contributed by atoms with van der Waals surface area (Å²) in [6.45, 7) is 0. The number of rotatable bonds is 4. The quantitative estimate of drug-likeness (QED) is 0.648. The molecule has 0 aliphatic rings. The fourth-order valence-corrected chi connectivity index (χ4v) is 1.96. The number of halogens is 1. The van der Waals surface area contributed by atoms with Crippen LogP contribution < -0.4 is 5.73 Å². The van der Waals surface area contributed by atoms with E-state index >= 15 is 0 Å². The molecule has 1 amide bonds. The topological polar surface area (TPSA) is 46.3 Å². The highest BCUT2D eigenvalue weighted by molar-refractivity contribution is 7.99. The van der Waals surface area contributed by atoms with E-state index in [1.165, 1.54) is 22.7 Å². The zero-order chi connectivity index (χ0) is 12.1. The summed E-state index contributed by atoms with van der Waals surface area (Å²) in [5.74, 6) is 0.281. The van der Waals surface area contributed by atoms with Crippen molar-refractivity contribution in [3.8, 4) is 0 Å². The van der Waals surface area contributed by atoms with Gasteiger partial charge in [0.15, 0.2) is 0 Å². The van der Waals surface area contributed by atoms with Crippen LogP contribution in [0.25, 0.3) is 0 Å². The number of carbonyl (C=O) groups excluding carboxylic acids is 1. The van der Waals surface area contributed by atoms with Gasteiger partial charge in [-0.1, -0.05) is 0 Å². The lowest BCUT2D eigenvalue weighted by Crippen LogP contribution is -2.21. The maximum Gasteiger partial charge on any atom is 0.222 e. The monoisotopic (exact) mass is 242 g/mol. The van der Waals surface area contributed by atoms with Gasteiger partial charge in [-0.25, -0.2) is 4.39 Å². The lowest BCUT2D eigenvalue weighted by Gasteiger charge is -2.09. The van der Waals surface area contributed by atoms with Crippen molar-refractivity contribution in [2.75, 3.05) is 25.6 Å². The minimum absolute atomic E-state index is 0.0448. The fourth-order valence-electron chi connectivity index (χ4n) is 1.11. The van der Waals surface area contributed by atoms with Gasteiger partial charge in [-0.2, -0.15) is 0 Å². The Bertz CT molecular complexity index is 382. The molecule has 0 radical (unpaired) electrons. The summed E-state index contributed by atoms with van der Waals surface area (Å²) in [5, 5.41) is 0. The van der Waals surface area contributed by atoms with Gasteiger partial charge in [0.25, 0.3) is 0 Å². The standard InChI is InChI=1S/C11H15FN2OS/c1-14(2)11(15)5-6-16-10-4-3-8(13)7-9(10)12/h3-4,7H,5-6,13H2,1-2H3. The maximum atomic E-state index is 13.3. The summed E-state index contributed by atoms with van der Waals surface area (Å²) in [6, 6.07) is 4.57. The predicted octanol–water partition coefficient (Wildman–Crippen LogP) is 1.98. The van der Waals surface area contributed by atoms with E-state index in [1.54, 1.807) is 26.2 Å². The number of benzene rings is 1. The molecule has 2 N–H and O–H groups in total. The van der Waals surface area contributed by atoms with E-state index < -0.39 is 0 Å². The summed E-state index contributed by atoms with van der Waals surface area (Å²) in [4.78, 5) is 13.3. The molecule has 0 aliphatic heterocycles. The third-order valence-electron chi connectivity index (χ3n) is 2.03. The molecule has 1 aromatic rings. The average molecular weight is 242 g/mol. The molecule has 5 heteroatoms. The van der Waals surface area contributed by atoms with Crippen LogP contribution in [-0.4, -0.2) is 30.7 Å². The molecule has 0 saturated heterocycles. The van der Waals surface area contributed by atoms with Crippen LogP contribution in [0.15, 0.2) is 23.1 Å². The van der Waals surface area contributed by atoms with Crippen molar-refractivity contribution in [1.82, 2.24) is 4.90 Å². The van der Waals surface area contributed by atoms with Gasteiger partial charge < -0.3 is 10.6 Å². The SMILES string of the molecule is CN(C)C(=O)CCSc1ccc(N)cc1F. The second-order valence-electron chi connectivity index (χ2n) is 3.58. The number of hydrogen-bond acceptors (Lipinski definition) is 3. The molecular weight excluding hydrogens is 227 g/mol. The van der Waals surface area contributed by atoms with Gasteiger partial charge in [0, 0.05) is 36.9 Å². The van der Waals surface area contributed by atoms with Gasteiger partial charge in [-0.3, -0.25) is 4.79 Å². The Hall–Kier alpha value is -1.23. The third kappa shape index (κ3) is 3.73. The van der Waals surface area contributed by atoms with Gasteiger partial charge in [0.2, 0.25) is 5.91 Å². The first-order chi connectivity index (χ1) is 7.50. The van der Waals surface area contributed by atoms with E-state index in [0.29, 0.717) is 22.8 Å². The summed E-state index contributed by atoms with van der Waals surface area (Å²) in [5.41, 5.74) is 5.84. The van der Waals surface area contributed by atoms with Crippen LogP contribution in [0, 0.1) is 5.82 Å². The van der Waals surface area contributed by atoms with Gasteiger partial charge in [-0.05, 0) is 18.2 Å². The molecule has 0 fully saturated rings. The summed E-state index contributed by atoms with van der Waals surface area (Å²) < 4.78 is 13.3. The van der Waals surface area contributed by atoms with Crippen molar-refractivity contribution in [2.45, 2.75) is 11.3 Å². The number of carbonyl (C=O) groups is 1. The van der Waals surface area contributed by atoms with Crippen LogP contribution in [0.1, 0.15) is 6.42 Å². The lowest BCUT2D eigenvalue weighted by molar-refractivity contribution is -0.128. The molecule has 1 rings (SSSR count). The molecule has 0 spiro atoms. The average Bonchev–Trinajstić information content (AvgIpc) is 2.20. The first-order valence-electron chi connectivity index (χ1n) is 4.88. The number of nitrogens with zero attached hydrogens (tertiary/aromatic N) is 1. The van der Waals surface area contributed by atoms with Crippen LogP contribution in [0.5, 0.6) is 0 Å². The molecule has 3 nitrogen and oxygen atoms in total. The zero-order valence-electron chi connectivity index (χ0n) is 9.37. The molecule has 0 aromatic heterocycles. The van der Waals surface area contributed by atoms with E-state index in [0.717, 1.165) is 0 Å². The van der Waals surface area contributed by atoms with Gasteiger partial charge in [-0.15, -0.1) is 11.8 Å². The molecule has 0 bridgehead atoms. The second-order valence-corrected chi connectivity index (χ2v) is 4.71. The predicted molar refractivity (Wildman–Crippen MR) is 64.8 cm³/mol. The van der Waals surface area contributed by atoms with Gasteiger partial charge >= 0.3 is 0 Å². The molecule has 0 saturated carbocycles. The molecule has 16 heavy (non-hydrogen) atoms. The number of thioether (sulfide) groups is 1. The molecule has 0 unspecified atom stereocenters. The van der Waals surface area contributed by atoms with Crippen LogP contribution in [0.4, 0.5) is 10.1 Å². The molecule has 1 aromatic carbocycles. The number of nitrogen functional groups attached to an aromatic ring is 1. The van der Waals surface area contributed by atoms with Crippen molar-refractivity contribution in [1.29, 1.82) is 0 Å². The van der Waals surface area contributed by atoms with E-state index in [4.69, 9.17) is 5.73 Å². The minimum Gasteiger partial charge on any atom is -0.399 e. The largest absolute Gasteiger partial charge is 0.399 e. The van der Waals surface area contributed by atoms with Gasteiger partial charge in [0.1, 0.15) is 5.82 Å². The van der Waals surface area contributed by atoms with Crippen molar-refractivity contribution >= 4 is 23.4 Å². The zero-order valence-corrected chi connectivity index (χ0v) is 10.2. The summed E-state index contributed by atoms with van der Waals surface area (Å²) in [7, 11) is 3.41. The highest BCUT2D eigenvalue weighted by Gasteiger charge is 2.06. The van der Waals surface area contributed by atoms with E-state index in [9.17, 15) is 9.18 Å². The van der Waals surface area contributed by atoms with Crippen LogP contribution in [-0.2, 0) is 4.79 Å².